The van der Waals surface area contributed by atoms with Crippen LogP contribution in [0.3, 0.4) is 0 Å². The van der Waals surface area contributed by atoms with Gasteiger partial charge in [-0.05, 0) is 18.2 Å². The van der Waals surface area contributed by atoms with E-state index in [0.29, 0.717) is 30.4 Å². The van der Waals surface area contributed by atoms with Crippen LogP contribution in [-0.2, 0) is 19.0 Å². The predicted molar refractivity (Wildman–Crippen MR) is 106 cm³/mol. The Balaban J connectivity index is 0.00000256. The van der Waals surface area contributed by atoms with Crippen LogP contribution in [0.25, 0.3) is 11.5 Å². The van der Waals surface area contributed by atoms with Crippen LogP contribution in [0.1, 0.15) is 36.1 Å². The van der Waals surface area contributed by atoms with Gasteiger partial charge in [0.05, 0.1) is 23.3 Å². The van der Waals surface area contributed by atoms with Gasteiger partial charge in [0.1, 0.15) is 11.5 Å². The van der Waals surface area contributed by atoms with Gasteiger partial charge in [0.15, 0.2) is 11.6 Å². The van der Waals surface area contributed by atoms with Crippen LogP contribution in [0.2, 0.25) is 5.02 Å². The van der Waals surface area contributed by atoms with Crippen molar-refractivity contribution in [3.05, 3.63) is 64.3 Å². The maximum atomic E-state index is 13.7. The van der Waals surface area contributed by atoms with Crippen molar-refractivity contribution in [2.24, 2.45) is 0 Å². The van der Waals surface area contributed by atoms with Gasteiger partial charge in [0.25, 0.3) is 11.8 Å². The molecular weight excluding hydrogens is 419 g/mol. The summed E-state index contributed by atoms with van der Waals surface area (Å²) in [4.78, 5) is 18.4. The monoisotopic (exact) mass is 437 g/mol. The van der Waals surface area contributed by atoms with Crippen molar-refractivity contribution in [1.29, 1.82) is 0 Å². The molecule has 0 aliphatic carbocycles. The lowest BCUT2D eigenvalue weighted by molar-refractivity contribution is 0.0175. The van der Waals surface area contributed by atoms with E-state index in [2.05, 4.69) is 15.2 Å². The SMILES string of the molecule is C.CC(F)(F)c1cccc(C(=O)N2CCn3c(nnc3-c3ccc(F)cn3)C2)c1Cl. The standard InChI is InChI=1S/C19H15ClF3N5O.CH4/c1-19(22,23)13-4-2-3-12(16(13)20)18(29)27-7-8-28-15(10-27)25-26-17(28)14-6-5-11(21)9-24-14;/h2-6,9H,7-8,10H2,1H3;1H4. The molecule has 30 heavy (non-hydrogen) atoms. The van der Waals surface area contributed by atoms with Gasteiger partial charge in [0.2, 0.25) is 0 Å². The number of nitrogens with zero attached hydrogens (tertiary/aromatic N) is 5. The van der Waals surface area contributed by atoms with E-state index in [1.807, 2.05) is 0 Å². The number of aromatic nitrogens is 4. The molecule has 3 aromatic rings. The van der Waals surface area contributed by atoms with Gasteiger partial charge >= 0.3 is 0 Å². The van der Waals surface area contributed by atoms with Gasteiger partial charge in [0, 0.05) is 25.6 Å². The average molecular weight is 438 g/mol. The maximum Gasteiger partial charge on any atom is 0.271 e. The van der Waals surface area contributed by atoms with Crippen LogP contribution in [-0.4, -0.2) is 37.1 Å². The van der Waals surface area contributed by atoms with Crippen molar-refractivity contribution >= 4 is 17.5 Å². The van der Waals surface area contributed by atoms with Crippen LogP contribution in [0, 0.1) is 5.82 Å². The van der Waals surface area contributed by atoms with Crippen LogP contribution in [0.4, 0.5) is 13.2 Å². The quantitative estimate of drug-likeness (QED) is 0.603. The molecule has 0 N–H and O–H groups in total. The van der Waals surface area contributed by atoms with Crippen molar-refractivity contribution in [3.8, 4) is 11.5 Å². The Morgan fingerprint density at radius 2 is 1.93 bits per heavy atom. The molecule has 1 aromatic carbocycles. The molecule has 0 unspecified atom stereocenters. The number of hydrogen-bond acceptors (Lipinski definition) is 4. The summed E-state index contributed by atoms with van der Waals surface area (Å²) in [5, 5.41) is 7.93. The van der Waals surface area contributed by atoms with Crippen LogP contribution in [0.5, 0.6) is 0 Å². The van der Waals surface area contributed by atoms with Gasteiger partial charge in [-0.15, -0.1) is 10.2 Å². The molecule has 4 rings (SSSR count). The number of carbonyl (C=O) groups is 1. The topological polar surface area (TPSA) is 63.9 Å². The molecule has 0 bridgehead atoms. The number of alkyl halides is 2. The first-order valence-electron chi connectivity index (χ1n) is 8.76. The van der Waals surface area contributed by atoms with Crippen molar-refractivity contribution in [1.82, 2.24) is 24.6 Å². The lowest BCUT2D eigenvalue weighted by atomic mass is 10.0. The Labute approximate surface area is 176 Å². The molecule has 0 saturated heterocycles. The second-order valence-electron chi connectivity index (χ2n) is 6.74. The number of fused-ring (bicyclic) bond motifs is 1. The Kier molecular flexibility index (Phi) is 5.85. The van der Waals surface area contributed by atoms with Gasteiger partial charge in [-0.3, -0.25) is 4.79 Å². The molecular formula is C20H19ClF3N5O. The Bertz CT molecular complexity index is 1080. The van der Waals surface area contributed by atoms with E-state index in [-0.39, 0.29) is 24.6 Å². The molecule has 0 atom stereocenters. The van der Waals surface area contributed by atoms with E-state index >= 15 is 0 Å². The van der Waals surface area contributed by atoms with Crippen LogP contribution in [0.15, 0.2) is 36.5 Å². The number of pyridine rings is 1. The van der Waals surface area contributed by atoms with E-state index in [4.69, 9.17) is 11.6 Å². The highest BCUT2D eigenvalue weighted by Gasteiger charge is 2.32. The lowest BCUT2D eigenvalue weighted by Gasteiger charge is -2.28. The molecule has 2 aromatic heterocycles. The van der Waals surface area contributed by atoms with Crippen LogP contribution >= 0.6 is 11.6 Å². The fourth-order valence-corrected chi connectivity index (χ4v) is 3.61. The number of hydrogen-bond donors (Lipinski definition) is 0. The number of carbonyl (C=O) groups excluding carboxylic acids is 1. The summed E-state index contributed by atoms with van der Waals surface area (Å²) in [6.07, 6.45) is 1.09. The summed E-state index contributed by atoms with van der Waals surface area (Å²) in [6.45, 7) is 1.55. The van der Waals surface area contributed by atoms with E-state index in [0.717, 1.165) is 13.1 Å². The predicted octanol–water partition coefficient (Wildman–Crippen LogP) is 4.54. The fourth-order valence-electron chi connectivity index (χ4n) is 3.24. The Hall–Kier alpha value is -2.94. The van der Waals surface area contributed by atoms with Crippen LogP contribution < -0.4 is 0 Å². The zero-order chi connectivity index (χ0) is 20.8. The summed E-state index contributed by atoms with van der Waals surface area (Å²) in [5.41, 5.74) is 0.0831. The number of rotatable bonds is 3. The normalized spacial score (nSPS) is 13.6. The Morgan fingerprint density at radius 1 is 1.17 bits per heavy atom. The minimum Gasteiger partial charge on any atom is -0.329 e. The van der Waals surface area contributed by atoms with Gasteiger partial charge in [-0.1, -0.05) is 31.2 Å². The molecule has 0 saturated carbocycles. The first-order chi connectivity index (χ1) is 13.8. The minimum absolute atomic E-state index is 0. The van der Waals surface area contributed by atoms with Gasteiger partial charge < -0.3 is 9.47 Å². The first kappa shape index (κ1) is 21.8. The zero-order valence-electron chi connectivity index (χ0n) is 15.2. The molecule has 1 amide bonds. The summed E-state index contributed by atoms with van der Waals surface area (Å²) in [7, 11) is 0. The third-order valence-electron chi connectivity index (χ3n) is 4.70. The molecule has 0 radical (unpaired) electrons. The van der Waals surface area contributed by atoms with E-state index < -0.39 is 23.2 Å². The van der Waals surface area contributed by atoms with Gasteiger partial charge in [-0.2, -0.15) is 0 Å². The lowest BCUT2D eigenvalue weighted by Crippen LogP contribution is -2.38. The first-order valence-corrected chi connectivity index (χ1v) is 9.13. The van der Waals surface area contributed by atoms with E-state index in [1.54, 1.807) is 4.57 Å². The number of halogens is 4. The third kappa shape index (κ3) is 3.89. The molecule has 158 valence electrons. The third-order valence-corrected chi connectivity index (χ3v) is 5.11. The maximum absolute atomic E-state index is 13.7. The van der Waals surface area contributed by atoms with Crippen molar-refractivity contribution < 1.29 is 18.0 Å². The zero-order valence-corrected chi connectivity index (χ0v) is 16.0. The van der Waals surface area contributed by atoms with E-state index in [9.17, 15) is 18.0 Å². The molecule has 0 spiro atoms. The largest absolute Gasteiger partial charge is 0.329 e. The summed E-state index contributed by atoms with van der Waals surface area (Å²) in [5.74, 6) is -3.10. The summed E-state index contributed by atoms with van der Waals surface area (Å²) < 4.78 is 42.3. The van der Waals surface area contributed by atoms with Crippen molar-refractivity contribution in [3.63, 3.8) is 0 Å². The number of amides is 1. The van der Waals surface area contributed by atoms with E-state index in [1.165, 1.54) is 35.2 Å². The summed E-state index contributed by atoms with van der Waals surface area (Å²) in [6, 6.07) is 6.79. The molecule has 10 heteroatoms. The molecule has 0 fully saturated rings. The van der Waals surface area contributed by atoms with Crippen molar-refractivity contribution in [2.45, 2.75) is 33.4 Å². The second-order valence-corrected chi connectivity index (χ2v) is 7.11. The number of benzene rings is 1. The fraction of sp³-hybridized carbons (Fsp3) is 0.300. The highest BCUT2D eigenvalue weighted by molar-refractivity contribution is 6.34. The molecule has 6 nitrogen and oxygen atoms in total. The Morgan fingerprint density at radius 3 is 2.60 bits per heavy atom. The van der Waals surface area contributed by atoms with Gasteiger partial charge in [-0.25, -0.2) is 18.2 Å². The minimum atomic E-state index is -3.16. The molecule has 1 aliphatic heterocycles. The van der Waals surface area contributed by atoms with Crippen molar-refractivity contribution in [2.75, 3.05) is 6.54 Å². The highest BCUT2D eigenvalue weighted by atomic mass is 35.5. The average Bonchev–Trinajstić information content (AvgIpc) is 3.10. The summed E-state index contributed by atoms with van der Waals surface area (Å²) >= 11 is 6.11. The smallest absolute Gasteiger partial charge is 0.271 e. The molecule has 3 heterocycles. The second kappa shape index (κ2) is 8.06. The molecule has 1 aliphatic rings. The highest BCUT2D eigenvalue weighted by Crippen LogP contribution is 2.35.